The lowest BCUT2D eigenvalue weighted by Crippen LogP contribution is -2.55. The third kappa shape index (κ3) is 3.18. The van der Waals surface area contributed by atoms with Crippen molar-refractivity contribution in [2.45, 2.75) is 18.9 Å². The first-order chi connectivity index (χ1) is 10.9. The van der Waals surface area contributed by atoms with Gasteiger partial charge in [0.25, 0.3) is 0 Å². The molecule has 1 atom stereocenters. The van der Waals surface area contributed by atoms with Gasteiger partial charge in [-0.25, -0.2) is 17.7 Å². The van der Waals surface area contributed by atoms with Crippen LogP contribution in [-0.2, 0) is 14.8 Å². The third-order valence-corrected chi connectivity index (χ3v) is 5.86. The molecule has 3 rings (SSSR count). The van der Waals surface area contributed by atoms with Gasteiger partial charge in [-0.2, -0.15) is 0 Å². The van der Waals surface area contributed by atoms with Gasteiger partial charge in [0.05, 0.1) is 18.2 Å². The molecule has 1 unspecified atom stereocenters. The monoisotopic (exact) mass is 338 g/mol. The standard InChI is InChI=1S/C15H22N4O3S/c1-16-14-8-11(5-6-17-14)13-4-3-7-19(13)15(20)12-9-18(10-12)23(2,21)22/h5-6,8,12-13H,3-4,7,9-10H2,1-2H3,(H,16,17). The van der Waals surface area contributed by atoms with E-state index in [9.17, 15) is 13.2 Å². The number of amides is 1. The first-order valence-electron chi connectivity index (χ1n) is 7.79. The molecule has 0 aliphatic carbocycles. The fraction of sp³-hybridized carbons (Fsp3) is 0.600. The van der Waals surface area contributed by atoms with E-state index in [1.165, 1.54) is 10.6 Å². The van der Waals surface area contributed by atoms with Crippen molar-refractivity contribution in [3.63, 3.8) is 0 Å². The number of anilines is 1. The lowest BCUT2D eigenvalue weighted by atomic mass is 9.99. The van der Waals surface area contributed by atoms with Gasteiger partial charge in [0.2, 0.25) is 15.9 Å². The van der Waals surface area contributed by atoms with Crippen molar-refractivity contribution in [2.24, 2.45) is 5.92 Å². The Hall–Kier alpha value is -1.67. The van der Waals surface area contributed by atoms with Gasteiger partial charge in [-0.05, 0) is 30.5 Å². The zero-order valence-electron chi connectivity index (χ0n) is 13.4. The Morgan fingerprint density at radius 1 is 1.39 bits per heavy atom. The van der Waals surface area contributed by atoms with Crippen LogP contribution >= 0.6 is 0 Å². The number of hydrogen-bond acceptors (Lipinski definition) is 5. The molecule has 2 fully saturated rings. The van der Waals surface area contributed by atoms with E-state index >= 15 is 0 Å². The number of nitrogens with one attached hydrogen (secondary N) is 1. The highest BCUT2D eigenvalue weighted by Gasteiger charge is 2.42. The van der Waals surface area contributed by atoms with E-state index in [0.29, 0.717) is 13.1 Å². The van der Waals surface area contributed by atoms with Crippen LogP contribution in [-0.4, -0.2) is 61.5 Å². The number of sulfonamides is 1. The maximum Gasteiger partial charge on any atom is 0.228 e. The summed E-state index contributed by atoms with van der Waals surface area (Å²) in [4.78, 5) is 18.8. The number of aromatic nitrogens is 1. The molecule has 3 heterocycles. The Labute approximate surface area is 136 Å². The number of nitrogens with zero attached hydrogens (tertiary/aromatic N) is 3. The number of likely N-dealkylation sites (tertiary alicyclic amines) is 1. The highest BCUT2D eigenvalue weighted by molar-refractivity contribution is 7.88. The number of hydrogen-bond donors (Lipinski definition) is 1. The maximum atomic E-state index is 12.7. The van der Waals surface area contributed by atoms with E-state index in [-0.39, 0.29) is 17.9 Å². The van der Waals surface area contributed by atoms with Crippen molar-refractivity contribution < 1.29 is 13.2 Å². The summed E-state index contributed by atoms with van der Waals surface area (Å²) in [5.74, 6) is 0.639. The van der Waals surface area contributed by atoms with Crippen molar-refractivity contribution in [3.8, 4) is 0 Å². The first kappa shape index (κ1) is 16.2. The average Bonchev–Trinajstić information content (AvgIpc) is 2.93. The van der Waals surface area contributed by atoms with Crippen LogP contribution in [0.4, 0.5) is 5.82 Å². The molecule has 2 saturated heterocycles. The van der Waals surface area contributed by atoms with Gasteiger partial charge < -0.3 is 10.2 Å². The Kier molecular flexibility index (Phi) is 4.29. The van der Waals surface area contributed by atoms with Gasteiger partial charge >= 0.3 is 0 Å². The van der Waals surface area contributed by atoms with E-state index < -0.39 is 10.0 Å². The van der Waals surface area contributed by atoms with Crippen molar-refractivity contribution in [2.75, 3.05) is 38.3 Å². The molecule has 0 saturated carbocycles. The van der Waals surface area contributed by atoms with Gasteiger partial charge in [-0.15, -0.1) is 0 Å². The van der Waals surface area contributed by atoms with Crippen LogP contribution in [0.5, 0.6) is 0 Å². The number of rotatable bonds is 4. The normalized spacial score (nSPS) is 22.9. The lowest BCUT2D eigenvalue weighted by Gasteiger charge is -2.39. The van der Waals surface area contributed by atoms with Crippen LogP contribution in [0.15, 0.2) is 18.3 Å². The molecule has 0 aromatic carbocycles. The average molecular weight is 338 g/mol. The minimum atomic E-state index is -3.18. The van der Waals surface area contributed by atoms with Gasteiger partial charge in [-0.1, -0.05) is 0 Å². The number of pyridine rings is 1. The second-order valence-electron chi connectivity index (χ2n) is 6.19. The highest BCUT2D eigenvalue weighted by atomic mass is 32.2. The van der Waals surface area contributed by atoms with Gasteiger partial charge in [-0.3, -0.25) is 4.79 Å². The van der Waals surface area contributed by atoms with E-state index in [1.807, 2.05) is 24.1 Å². The second-order valence-corrected chi connectivity index (χ2v) is 8.17. The van der Waals surface area contributed by atoms with Crippen molar-refractivity contribution in [1.82, 2.24) is 14.2 Å². The molecular weight excluding hydrogens is 316 g/mol. The molecule has 2 aliphatic heterocycles. The molecule has 8 heteroatoms. The summed E-state index contributed by atoms with van der Waals surface area (Å²) in [5.41, 5.74) is 1.08. The molecule has 1 amide bonds. The van der Waals surface area contributed by atoms with Crippen LogP contribution in [0.3, 0.4) is 0 Å². The SMILES string of the molecule is CNc1cc(C2CCCN2C(=O)C2CN(S(C)(=O)=O)C2)ccn1. The fourth-order valence-electron chi connectivity index (χ4n) is 3.27. The third-order valence-electron chi connectivity index (χ3n) is 4.63. The smallest absolute Gasteiger partial charge is 0.228 e. The molecule has 1 aromatic heterocycles. The summed E-state index contributed by atoms with van der Waals surface area (Å²) < 4.78 is 24.2. The molecular formula is C15H22N4O3S. The van der Waals surface area contributed by atoms with Crippen molar-refractivity contribution in [3.05, 3.63) is 23.9 Å². The molecule has 1 N–H and O–H groups in total. The Morgan fingerprint density at radius 3 is 2.78 bits per heavy atom. The molecule has 0 bridgehead atoms. The van der Waals surface area contributed by atoms with Crippen LogP contribution in [0, 0.1) is 5.92 Å². The molecule has 0 radical (unpaired) electrons. The molecule has 126 valence electrons. The summed E-state index contributed by atoms with van der Waals surface area (Å²) in [6, 6.07) is 3.98. The molecule has 23 heavy (non-hydrogen) atoms. The van der Waals surface area contributed by atoms with Crippen LogP contribution in [0.25, 0.3) is 0 Å². The fourth-order valence-corrected chi connectivity index (χ4v) is 4.17. The lowest BCUT2D eigenvalue weighted by molar-refractivity contribution is -0.140. The largest absolute Gasteiger partial charge is 0.373 e. The minimum Gasteiger partial charge on any atom is -0.373 e. The Balaban J connectivity index is 1.71. The second kappa shape index (κ2) is 6.09. The van der Waals surface area contributed by atoms with Gasteiger partial charge in [0, 0.05) is 32.9 Å². The highest BCUT2D eigenvalue weighted by Crippen LogP contribution is 2.35. The van der Waals surface area contributed by atoms with E-state index in [1.54, 1.807) is 6.20 Å². The molecule has 1 aromatic rings. The predicted molar refractivity (Wildman–Crippen MR) is 87.4 cm³/mol. The van der Waals surface area contributed by atoms with E-state index in [0.717, 1.165) is 30.8 Å². The summed E-state index contributed by atoms with van der Waals surface area (Å²) in [5, 5.41) is 3.01. The van der Waals surface area contributed by atoms with Gasteiger partial charge in [0.15, 0.2) is 0 Å². The Morgan fingerprint density at radius 2 is 2.13 bits per heavy atom. The summed E-state index contributed by atoms with van der Waals surface area (Å²) in [6.45, 7) is 1.34. The quantitative estimate of drug-likeness (QED) is 0.873. The van der Waals surface area contributed by atoms with Crippen molar-refractivity contribution in [1.29, 1.82) is 0 Å². The zero-order valence-corrected chi connectivity index (χ0v) is 14.2. The topological polar surface area (TPSA) is 82.6 Å². The Bertz CT molecular complexity index is 700. The number of carbonyl (C=O) groups is 1. The number of carbonyl (C=O) groups excluding carboxylic acids is 1. The minimum absolute atomic E-state index is 0.0601. The summed E-state index contributed by atoms with van der Waals surface area (Å²) in [7, 11) is -1.37. The van der Waals surface area contributed by atoms with Gasteiger partial charge in [0.1, 0.15) is 5.82 Å². The molecule has 0 spiro atoms. The summed E-state index contributed by atoms with van der Waals surface area (Å²) in [6.07, 6.45) is 4.83. The van der Waals surface area contributed by atoms with Crippen LogP contribution in [0.1, 0.15) is 24.4 Å². The van der Waals surface area contributed by atoms with Crippen LogP contribution < -0.4 is 5.32 Å². The van der Waals surface area contributed by atoms with E-state index in [2.05, 4.69) is 10.3 Å². The predicted octanol–water partition coefficient (Wildman–Crippen LogP) is 0.678. The molecule has 2 aliphatic rings. The zero-order chi connectivity index (χ0) is 16.6. The summed E-state index contributed by atoms with van der Waals surface area (Å²) >= 11 is 0. The van der Waals surface area contributed by atoms with Crippen LogP contribution in [0.2, 0.25) is 0 Å². The van der Waals surface area contributed by atoms with E-state index in [4.69, 9.17) is 0 Å². The van der Waals surface area contributed by atoms with Crippen molar-refractivity contribution >= 4 is 21.7 Å². The molecule has 7 nitrogen and oxygen atoms in total. The maximum absolute atomic E-state index is 12.7. The first-order valence-corrected chi connectivity index (χ1v) is 9.64.